The van der Waals surface area contributed by atoms with E-state index < -0.39 is 17.4 Å². The second-order valence-electron chi connectivity index (χ2n) is 5.29. The molecule has 3 aromatic rings. The monoisotopic (exact) mass is 360 g/mol. The van der Waals surface area contributed by atoms with Crippen molar-refractivity contribution >= 4 is 23.2 Å². The lowest BCUT2D eigenvalue weighted by Gasteiger charge is -2.26. The minimum Gasteiger partial charge on any atom is -0.472 e. The summed E-state index contributed by atoms with van der Waals surface area (Å²) >= 11 is 1.34. The van der Waals surface area contributed by atoms with Crippen LogP contribution in [-0.4, -0.2) is 23.5 Å². The number of carbonyl (C=O) groups is 2. The molecule has 3 N–H and O–H groups in total. The van der Waals surface area contributed by atoms with Crippen LogP contribution >= 0.6 is 11.3 Å². The Morgan fingerprint density at radius 3 is 2.60 bits per heavy atom. The Morgan fingerprint density at radius 1 is 1.12 bits per heavy atom. The molecule has 8 heteroatoms. The molecule has 3 rings (SSSR count). The maximum absolute atomic E-state index is 12.0. The van der Waals surface area contributed by atoms with Crippen LogP contribution in [0.15, 0.2) is 63.3 Å². The van der Waals surface area contributed by atoms with Gasteiger partial charge in [0.15, 0.2) is 0 Å². The number of rotatable bonds is 6. The maximum atomic E-state index is 12.0. The molecular weight excluding hydrogens is 344 g/mol. The molecule has 3 aromatic heterocycles. The van der Waals surface area contributed by atoms with Crippen molar-refractivity contribution in [2.24, 2.45) is 0 Å². The molecule has 7 nitrogen and oxygen atoms in total. The Balaban J connectivity index is 1.63. The summed E-state index contributed by atoms with van der Waals surface area (Å²) in [4.78, 5) is 24.5. The first-order valence-corrected chi connectivity index (χ1v) is 8.35. The molecule has 2 amide bonds. The summed E-state index contributed by atoms with van der Waals surface area (Å²) in [5.41, 5.74) is -0.982. The first-order chi connectivity index (χ1) is 12.1. The normalized spacial score (nSPS) is 13.2. The van der Waals surface area contributed by atoms with Crippen LogP contribution < -0.4 is 10.6 Å². The lowest BCUT2D eigenvalue weighted by Crippen LogP contribution is -2.46. The van der Waals surface area contributed by atoms with Crippen molar-refractivity contribution in [3.05, 3.63) is 70.7 Å². The third kappa shape index (κ3) is 3.81. The number of carbonyl (C=O) groups excluding carboxylic acids is 2. The molecule has 25 heavy (non-hydrogen) atoms. The SMILES string of the molecule is O=C(NCc1ccco1)C(=O)NCC(O)(c1ccoc1)c1cccs1. The molecule has 1 atom stereocenters. The lowest BCUT2D eigenvalue weighted by atomic mass is 9.94. The molecule has 0 bridgehead atoms. The number of thiophene rings is 1. The Kier molecular flexibility index (Phi) is 5.01. The predicted molar refractivity (Wildman–Crippen MR) is 89.6 cm³/mol. The van der Waals surface area contributed by atoms with Crippen molar-refractivity contribution in [2.45, 2.75) is 12.1 Å². The Hall–Kier alpha value is -2.84. The van der Waals surface area contributed by atoms with Crippen molar-refractivity contribution in [1.82, 2.24) is 10.6 Å². The molecule has 0 aliphatic carbocycles. The van der Waals surface area contributed by atoms with Crippen molar-refractivity contribution in [2.75, 3.05) is 6.54 Å². The highest BCUT2D eigenvalue weighted by atomic mass is 32.1. The largest absolute Gasteiger partial charge is 0.472 e. The fourth-order valence-corrected chi connectivity index (χ4v) is 3.14. The quantitative estimate of drug-likeness (QED) is 0.579. The van der Waals surface area contributed by atoms with Gasteiger partial charge in [-0.2, -0.15) is 0 Å². The highest BCUT2D eigenvalue weighted by Gasteiger charge is 2.34. The van der Waals surface area contributed by atoms with Crippen LogP contribution in [0.4, 0.5) is 0 Å². The van der Waals surface area contributed by atoms with E-state index in [1.807, 2.05) is 5.38 Å². The molecule has 0 aliphatic heterocycles. The Bertz CT molecular complexity index is 775. The van der Waals surface area contributed by atoms with Crippen LogP contribution in [-0.2, 0) is 21.7 Å². The van der Waals surface area contributed by atoms with Gasteiger partial charge in [-0.05, 0) is 29.6 Å². The van der Waals surface area contributed by atoms with Gasteiger partial charge in [-0.15, -0.1) is 11.3 Å². The van der Waals surface area contributed by atoms with E-state index in [1.165, 1.54) is 30.1 Å². The fraction of sp³-hybridized carbons (Fsp3) is 0.176. The molecule has 0 saturated heterocycles. The predicted octanol–water partition coefficient (Wildman–Crippen LogP) is 1.60. The minimum atomic E-state index is -1.47. The van der Waals surface area contributed by atoms with E-state index in [0.29, 0.717) is 16.2 Å². The van der Waals surface area contributed by atoms with Gasteiger partial charge < -0.3 is 24.6 Å². The van der Waals surface area contributed by atoms with Gasteiger partial charge in [-0.1, -0.05) is 6.07 Å². The first kappa shape index (κ1) is 17.0. The summed E-state index contributed by atoms with van der Waals surface area (Å²) in [5, 5.41) is 17.8. The van der Waals surface area contributed by atoms with Crippen LogP contribution in [0.3, 0.4) is 0 Å². The average molecular weight is 360 g/mol. The highest BCUT2D eigenvalue weighted by molar-refractivity contribution is 7.10. The molecule has 1 unspecified atom stereocenters. The number of aliphatic hydroxyl groups is 1. The van der Waals surface area contributed by atoms with Gasteiger partial charge in [0.25, 0.3) is 0 Å². The number of amides is 2. The third-order valence-corrected chi connectivity index (χ3v) is 4.66. The van der Waals surface area contributed by atoms with Gasteiger partial charge in [0.05, 0.1) is 31.9 Å². The van der Waals surface area contributed by atoms with Gasteiger partial charge >= 0.3 is 11.8 Å². The number of furan rings is 2. The number of hydrogen-bond acceptors (Lipinski definition) is 6. The summed E-state index contributed by atoms with van der Waals surface area (Å²) in [6, 6.07) is 8.53. The van der Waals surface area contributed by atoms with Crippen LogP contribution in [0.25, 0.3) is 0 Å². The van der Waals surface area contributed by atoms with Gasteiger partial charge in [0, 0.05) is 10.4 Å². The summed E-state index contributed by atoms with van der Waals surface area (Å²) in [5.74, 6) is -1.11. The summed E-state index contributed by atoms with van der Waals surface area (Å²) in [7, 11) is 0. The minimum absolute atomic E-state index is 0.107. The zero-order valence-corrected chi connectivity index (χ0v) is 13.9. The standard InChI is InChI=1S/C17H16N2O5S/c20-15(18-9-13-3-1-6-24-13)16(21)19-11-17(22,12-5-7-23-10-12)14-4-2-8-25-14/h1-8,10,22H,9,11H2,(H,18,20)(H,19,21). The summed E-state index contributed by atoms with van der Waals surface area (Å²) in [6.07, 6.45) is 4.32. The van der Waals surface area contributed by atoms with E-state index in [-0.39, 0.29) is 13.1 Å². The van der Waals surface area contributed by atoms with E-state index in [9.17, 15) is 14.7 Å². The van der Waals surface area contributed by atoms with Crippen molar-refractivity contribution in [3.63, 3.8) is 0 Å². The van der Waals surface area contributed by atoms with Gasteiger partial charge in [0.2, 0.25) is 0 Å². The zero-order chi connectivity index (χ0) is 17.7. The molecule has 0 spiro atoms. The Labute approximate surface area is 147 Å². The van der Waals surface area contributed by atoms with Crippen molar-refractivity contribution in [1.29, 1.82) is 0 Å². The summed E-state index contributed by atoms with van der Waals surface area (Å²) in [6.45, 7) is -0.0593. The van der Waals surface area contributed by atoms with Gasteiger partial charge in [-0.25, -0.2) is 0 Å². The molecule has 3 heterocycles. The first-order valence-electron chi connectivity index (χ1n) is 7.47. The molecule has 130 valence electrons. The topological polar surface area (TPSA) is 105 Å². The third-order valence-electron chi connectivity index (χ3n) is 3.64. The van der Waals surface area contributed by atoms with Crippen LogP contribution in [0, 0.1) is 0 Å². The van der Waals surface area contributed by atoms with Crippen LogP contribution in [0.1, 0.15) is 16.2 Å². The van der Waals surface area contributed by atoms with E-state index in [1.54, 1.807) is 30.3 Å². The highest BCUT2D eigenvalue weighted by Crippen LogP contribution is 2.32. The Morgan fingerprint density at radius 2 is 1.96 bits per heavy atom. The van der Waals surface area contributed by atoms with Crippen LogP contribution in [0.2, 0.25) is 0 Å². The van der Waals surface area contributed by atoms with Gasteiger partial charge in [0.1, 0.15) is 11.4 Å². The number of nitrogens with one attached hydrogen (secondary N) is 2. The number of hydrogen-bond donors (Lipinski definition) is 3. The molecule has 0 aliphatic rings. The average Bonchev–Trinajstić information content (AvgIpc) is 3.38. The molecule has 0 radical (unpaired) electrons. The molecular formula is C17H16N2O5S. The summed E-state index contributed by atoms with van der Waals surface area (Å²) < 4.78 is 10.1. The van der Waals surface area contributed by atoms with E-state index in [2.05, 4.69) is 10.6 Å². The lowest BCUT2D eigenvalue weighted by molar-refractivity contribution is -0.139. The van der Waals surface area contributed by atoms with E-state index >= 15 is 0 Å². The van der Waals surface area contributed by atoms with Crippen molar-refractivity contribution in [3.8, 4) is 0 Å². The fourth-order valence-electron chi connectivity index (χ4n) is 2.29. The van der Waals surface area contributed by atoms with Crippen LogP contribution in [0.5, 0.6) is 0 Å². The molecule has 0 saturated carbocycles. The zero-order valence-electron chi connectivity index (χ0n) is 13.1. The van der Waals surface area contributed by atoms with E-state index in [0.717, 1.165) is 0 Å². The second kappa shape index (κ2) is 7.37. The van der Waals surface area contributed by atoms with E-state index in [4.69, 9.17) is 8.83 Å². The molecule has 0 fully saturated rings. The maximum Gasteiger partial charge on any atom is 0.309 e. The second-order valence-corrected chi connectivity index (χ2v) is 6.24. The van der Waals surface area contributed by atoms with Gasteiger partial charge in [-0.3, -0.25) is 9.59 Å². The van der Waals surface area contributed by atoms with Crippen molar-refractivity contribution < 1.29 is 23.5 Å². The molecule has 0 aromatic carbocycles. The smallest absolute Gasteiger partial charge is 0.309 e.